The summed E-state index contributed by atoms with van der Waals surface area (Å²) in [6.45, 7) is 4.48. The molecule has 22 heavy (non-hydrogen) atoms. The van der Waals surface area contributed by atoms with E-state index in [0.717, 1.165) is 37.0 Å². The molecule has 6 heteroatoms. The van der Waals surface area contributed by atoms with Crippen molar-refractivity contribution in [3.63, 3.8) is 0 Å². The van der Waals surface area contributed by atoms with E-state index in [2.05, 4.69) is 19.9 Å². The number of likely N-dealkylation sites (tertiary alicyclic amines) is 2. The van der Waals surface area contributed by atoms with Gasteiger partial charge in [0.2, 0.25) is 5.89 Å². The van der Waals surface area contributed by atoms with E-state index in [1.807, 2.05) is 19.0 Å². The Labute approximate surface area is 132 Å². The summed E-state index contributed by atoms with van der Waals surface area (Å²) in [7, 11) is 3.88. The van der Waals surface area contributed by atoms with Crippen molar-refractivity contribution >= 4 is 5.95 Å². The smallest absolute Gasteiger partial charge is 0.265 e. The van der Waals surface area contributed by atoms with Crippen LogP contribution >= 0.6 is 0 Å². The van der Waals surface area contributed by atoms with Gasteiger partial charge in [0.25, 0.3) is 5.95 Å². The Morgan fingerprint density at radius 2 is 2.05 bits per heavy atom. The van der Waals surface area contributed by atoms with Crippen LogP contribution in [0.5, 0.6) is 0 Å². The number of fused-ring (bicyclic) bond motifs is 1. The van der Waals surface area contributed by atoms with Gasteiger partial charge in [-0.1, -0.05) is 0 Å². The van der Waals surface area contributed by atoms with Gasteiger partial charge in [-0.3, -0.25) is 9.80 Å². The number of hydrogen-bond donors (Lipinski definition) is 0. The van der Waals surface area contributed by atoms with E-state index in [0.29, 0.717) is 5.95 Å². The van der Waals surface area contributed by atoms with E-state index >= 15 is 0 Å². The van der Waals surface area contributed by atoms with Crippen LogP contribution in [0.1, 0.15) is 38.0 Å². The predicted molar refractivity (Wildman–Crippen MR) is 84.8 cm³/mol. The number of aromatic nitrogens is 2. The lowest BCUT2D eigenvalue weighted by Gasteiger charge is -2.47. The summed E-state index contributed by atoms with van der Waals surface area (Å²) in [4.78, 5) is 11.7. The number of nitrogens with zero attached hydrogens (tertiary/aromatic N) is 5. The first-order valence-electron chi connectivity index (χ1n) is 8.68. The zero-order valence-electron chi connectivity index (χ0n) is 13.7. The van der Waals surface area contributed by atoms with E-state index in [1.165, 1.54) is 45.2 Å². The largest absolute Gasteiger partial charge is 0.344 e. The SMILES string of the molecule is CN(C)c1noc(CN2CC[C@H]3[C@@H](CCCN3C3CC3)C2)n1. The van der Waals surface area contributed by atoms with Crippen LogP contribution in [0, 0.1) is 5.92 Å². The fourth-order valence-corrected chi connectivity index (χ4v) is 4.20. The maximum atomic E-state index is 5.38. The van der Waals surface area contributed by atoms with Crippen LogP contribution in [0.2, 0.25) is 0 Å². The fourth-order valence-electron chi connectivity index (χ4n) is 4.20. The standard InChI is InChI=1S/C16H27N5O/c1-19(2)16-17-15(22-18-16)11-20-9-7-14-12(10-20)4-3-8-21(14)13-5-6-13/h12-14H,3-11H2,1-2H3/t12-,14-/m0/s1. The molecule has 2 aliphatic heterocycles. The van der Waals surface area contributed by atoms with Crippen molar-refractivity contribution in [3.8, 4) is 0 Å². The molecule has 2 saturated heterocycles. The molecule has 0 bridgehead atoms. The first-order valence-corrected chi connectivity index (χ1v) is 8.68. The Morgan fingerprint density at radius 1 is 1.18 bits per heavy atom. The Kier molecular flexibility index (Phi) is 3.82. The summed E-state index contributed by atoms with van der Waals surface area (Å²) < 4.78 is 5.38. The van der Waals surface area contributed by atoms with Gasteiger partial charge in [-0.05, 0) is 49.7 Å². The van der Waals surface area contributed by atoms with Gasteiger partial charge in [0, 0.05) is 39.3 Å². The molecule has 1 saturated carbocycles. The summed E-state index contributed by atoms with van der Waals surface area (Å²) >= 11 is 0. The van der Waals surface area contributed by atoms with Gasteiger partial charge in [-0.25, -0.2) is 0 Å². The van der Waals surface area contributed by atoms with Crippen LogP contribution in [-0.4, -0.2) is 65.8 Å². The van der Waals surface area contributed by atoms with Crippen LogP contribution in [0.25, 0.3) is 0 Å². The molecule has 122 valence electrons. The van der Waals surface area contributed by atoms with Gasteiger partial charge in [0.15, 0.2) is 0 Å². The highest BCUT2D eigenvalue weighted by molar-refractivity contribution is 5.23. The minimum Gasteiger partial charge on any atom is -0.344 e. The average molecular weight is 305 g/mol. The normalized spacial score (nSPS) is 30.3. The first-order chi connectivity index (χ1) is 10.7. The number of anilines is 1. The third-order valence-corrected chi connectivity index (χ3v) is 5.43. The van der Waals surface area contributed by atoms with Crippen molar-refractivity contribution in [2.24, 2.45) is 5.92 Å². The molecule has 4 rings (SSSR count). The van der Waals surface area contributed by atoms with Gasteiger partial charge < -0.3 is 9.42 Å². The highest BCUT2D eigenvalue weighted by atomic mass is 16.5. The van der Waals surface area contributed by atoms with Crippen LogP contribution in [0.3, 0.4) is 0 Å². The van der Waals surface area contributed by atoms with Crippen LogP contribution < -0.4 is 4.90 Å². The zero-order chi connectivity index (χ0) is 15.1. The molecule has 1 aromatic rings. The van der Waals surface area contributed by atoms with E-state index in [-0.39, 0.29) is 0 Å². The third-order valence-electron chi connectivity index (χ3n) is 5.43. The summed E-state index contributed by atoms with van der Waals surface area (Å²) in [6.07, 6.45) is 6.92. The molecule has 0 spiro atoms. The van der Waals surface area contributed by atoms with Crippen LogP contribution in [-0.2, 0) is 6.54 Å². The van der Waals surface area contributed by atoms with Gasteiger partial charge in [0.1, 0.15) is 0 Å². The molecule has 0 N–H and O–H groups in total. The lowest BCUT2D eigenvalue weighted by atomic mass is 9.83. The minimum absolute atomic E-state index is 0.669. The molecule has 0 radical (unpaired) electrons. The third kappa shape index (κ3) is 2.86. The lowest BCUT2D eigenvalue weighted by Crippen LogP contribution is -2.54. The molecular weight excluding hydrogens is 278 g/mol. The van der Waals surface area contributed by atoms with Gasteiger partial charge in [-0.2, -0.15) is 4.98 Å². The predicted octanol–water partition coefficient (Wildman–Crippen LogP) is 1.58. The first kappa shape index (κ1) is 14.5. The van der Waals surface area contributed by atoms with Gasteiger partial charge >= 0.3 is 0 Å². The second-order valence-electron chi connectivity index (χ2n) is 7.34. The second kappa shape index (κ2) is 5.81. The maximum absolute atomic E-state index is 5.38. The highest BCUT2D eigenvalue weighted by Crippen LogP contribution is 2.38. The summed E-state index contributed by atoms with van der Waals surface area (Å²) in [5, 5.41) is 4.01. The van der Waals surface area contributed by atoms with E-state index in [9.17, 15) is 0 Å². The van der Waals surface area contributed by atoms with E-state index < -0.39 is 0 Å². The van der Waals surface area contributed by atoms with Gasteiger partial charge in [0.05, 0.1) is 6.54 Å². The van der Waals surface area contributed by atoms with E-state index in [1.54, 1.807) is 0 Å². The zero-order valence-corrected chi connectivity index (χ0v) is 13.7. The molecule has 3 heterocycles. The van der Waals surface area contributed by atoms with Crippen LogP contribution in [0.4, 0.5) is 5.95 Å². The number of hydrogen-bond acceptors (Lipinski definition) is 6. The molecule has 1 aliphatic carbocycles. The molecule has 1 aromatic heterocycles. The highest BCUT2D eigenvalue weighted by Gasteiger charge is 2.42. The molecule has 6 nitrogen and oxygen atoms in total. The van der Waals surface area contributed by atoms with E-state index in [4.69, 9.17) is 4.52 Å². The molecule has 3 aliphatic rings. The molecule has 0 amide bonds. The monoisotopic (exact) mass is 305 g/mol. The number of rotatable bonds is 4. The van der Waals surface area contributed by atoms with Crippen LogP contribution in [0.15, 0.2) is 4.52 Å². The van der Waals surface area contributed by atoms with Gasteiger partial charge in [-0.15, -0.1) is 0 Å². The Hall–Kier alpha value is -1.14. The summed E-state index contributed by atoms with van der Waals surface area (Å²) in [5.74, 6) is 2.25. The molecule has 0 aromatic carbocycles. The Morgan fingerprint density at radius 3 is 2.77 bits per heavy atom. The topological polar surface area (TPSA) is 48.6 Å². The second-order valence-corrected chi connectivity index (χ2v) is 7.34. The van der Waals surface area contributed by atoms with Crippen molar-refractivity contribution in [1.29, 1.82) is 0 Å². The Bertz CT molecular complexity index is 512. The summed E-state index contributed by atoms with van der Waals surface area (Å²) in [5.41, 5.74) is 0. The van der Waals surface area contributed by atoms with Crippen molar-refractivity contribution in [3.05, 3.63) is 5.89 Å². The quantitative estimate of drug-likeness (QED) is 0.842. The maximum Gasteiger partial charge on any atom is 0.265 e. The molecule has 0 unspecified atom stereocenters. The van der Waals surface area contributed by atoms with Crippen molar-refractivity contribution < 1.29 is 4.52 Å². The van der Waals surface area contributed by atoms with Crippen molar-refractivity contribution in [2.45, 2.75) is 50.7 Å². The number of piperidine rings is 2. The average Bonchev–Trinajstić information content (AvgIpc) is 3.25. The fraction of sp³-hybridized carbons (Fsp3) is 0.875. The Balaban J connectivity index is 1.37. The minimum atomic E-state index is 0.669. The molecular formula is C16H27N5O. The van der Waals surface area contributed by atoms with Crippen molar-refractivity contribution in [2.75, 3.05) is 38.6 Å². The molecule has 2 atom stereocenters. The molecule has 3 fully saturated rings. The lowest BCUT2D eigenvalue weighted by molar-refractivity contribution is 0.0125. The van der Waals surface area contributed by atoms with Crippen molar-refractivity contribution in [1.82, 2.24) is 19.9 Å². The summed E-state index contributed by atoms with van der Waals surface area (Å²) in [6, 6.07) is 1.75.